The van der Waals surface area contributed by atoms with Gasteiger partial charge in [0.25, 0.3) is 5.91 Å². The summed E-state index contributed by atoms with van der Waals surface area (Å²) in [5, 5.41) is 11.6. The minimum atomic E-state index is -1.33. The first-order chi connectivity index (χ1) is 13.6. The lowest BCUT2D eigenvalue weighted by Crippen LogP contribution is -2.23. The minimum absolute atomic E-state index is 0.0689. The van der Waals surface area contributed by atoms with Crippen LogP contribution in [-0.4, -0.2) is 77.3 Å². The van der Waals surface area contributed by atoms with Crippen molar-refractivity contribution in [2.45, 2.75) is 6.42 Å². The van der Waals surface area contributed by atoms with Gasteiger partial charge in [0.1, 0.15) is 0 Å². The molecule has 0 saturated heterocycles. The van der Waals surface area contributed by atoms with Crippen LogP contribution in [0.25, 0.3) is 0 Å². The molecule has 0 aliphatic rings. The molecule has 0 aliphatic carbocycles. The van der Waals surface area contributed by atoms with Gasteiger partial charge in [0, 0.05) is 46.3 Å². The van der Waals surface area contributed by atoms with Crippen molar-refractivity contribution in [1.82, 2.24) is 19.8 Å². The van der Waals surface area contributed by atoms with E-state index in [2.05, 4.69) is 15.3 Å². The van der Waals surface area contributed by atoms with Gasteiger partial charge in [-0.15, -0.1) is 0 Å². The number of nitrogens with one attached hydrogen (secondary N) is 1. The molecule has 2 rings (SSSR count). The Kier molecular flexibility index (Phi) is 8.90. The van der Waals surface area contributed by atoms with Gasteiger partial charge in [-0.3, -0.25) is 14.4 Å². The predicted molar refractivity (Wildman–Crippen MR) is 106 cm³/mol. The Morgan fingerprint density at radius 3 is 2.17 bits per heavy atom. The molecule has 0 unspecified atom stereocenters. The number of amides is 3. The fourth-order valence-corrected chi connectivity index (χ4v) is 1.94. The van der Waals surface area contributed by atoms with Crippen LogP contribution < -0.4 is 5.32 Å². The molecule has 3 amide bonds. The Labute approximate surface area is 168 Å². The van der Waals surface area contributed by atoms with E-state index >= 15 is 0 Å². The number of carboxylic acid groups (broad SMARTS) is 1. The van der Waals surface area contributed by atoms with Crippen LogP contribution in [0.4, 0.5) is 5.69 Å². The monoisotopic (exact) mass is 401 g/mol. The Morgan fingerprint density at radius 1 is 1.07 bits per heavy atom. The molecule has 0 aliphatic heterocycles. The molecule has 0 bridgehead atoms. The van der Waals surface area contributed by atoms with Crippen LogP contribution in [0.3, 0.4) is 0 Å². The molecular formula is C19H23N5O5. The van der Waals surface area contributed by atoms with Crippen molar-refractivity contribution >= 4 is 29.9 Å². The van der Waals surface area contributed by atoms with Gasteiger partial charge in [0.2, 0.25) is 12.3 Å². The van der Waals surface area contributed by atoms with Crippen LogP contribution in [0.5, 0.6) is 0 Å². The van der Waals surface area contributed by atoms with Crippen LogP contribution in [0.2, 0.25) is 0 Å². The highest BCUT2D eigenvalue weighted by Gasteiger charge is 2.19. The molecule has 0 radical (unpaired) electrons. The number of likely N-dealkylation sites (N-methyl/N-ethyl adjacent to an activating group) is 1. The number of rotatable bonds is 6. The van der Waals surface area contributed by atoms with E-state index in [1.165, 1.54) is 22.2 Å². The third kappa shape index (κ3) is 7.75. The topological polar surface area (TPSA) is 133 Å². The molecule has 0 spiro atoms. The second-order valence-corrected chi connectivity index (χ2v) is 6.25. The molecule has 10 heteroatoms. The molecule has 2 N–H and O–H groups in total. The van der Waals surface area contributed by atoms with Gasteiger partial charge in [-0.25, -0.2) is 14.8 Å². The number of hydrogen-bond acceptors (Lipinski definition) is 6. The molecular weight excluding hydrogens is 378 g/mol. The van der Waals surface area contributed by atoms with Crippen LogP contribution in [0.1, 0.15) is 26.5 Å². The molecule has 0 atom stereocenters. The Balaban J connectivity index is 0.000000749. The Bertz CT molecular complexity index is 883. The standard InChI is InChI=1S/C16H16N4O4.C3H7NO/c1-20(2)12(21)9-10-4-3-5-11(8-10)19-15(22)13-14(16(23)24)18-7-6-17-13;1-4(2)3-5/h3-8H,9H2,1-2H3,(H,19,22)(H,23,24);3H,1-2H3. The number of aromatic carboxylic acids is 1. The first-order valence-electron chi connectivity index (χ1n) is 8.42. The number of carbonyl (C=O) groups is 4. The largest absolute Gasteiger partial charge is 0.476 e. The summed E-state index contributed by atoms with van der Waals surface area (Å²) in [5.41, 5.74) is 0.462. The third-order valence-corrected chi connectivity index (χ3v) is 3.37. The van der Waals surface area contributed by atoms with Crippen molar-refractivity contribution in [2.24, 2.45) is 0 Å². The van der Waals surface area contributed by atoms with Gasteiger partial charge in [0.05, 0.1) is 6.42 Å². The summed E-state index contributed by atoms with van der Waals surface area (Å²) in [6, 6.07) is 6.75. The normalized spacial score (nSPS) is 9.52. The second-order valence-electron chi connectivity index (χ2n) is 6.25. The minimum Gasteiger partial charge on any atom is -0.476 e. The summed E-state index contributed by atoms with van der Waals surface area (Å²) in [6.45, 7) is 0. The summed E-state index contributed by atoms with van der Waals surface area (Å²) in [6.07, 6.45) is 3.39. The summed E-state index contributed by atoms with van der Waals surface area (Å²) in [7, 11) is 6.70. The number of carbonyl (C=O) groups excluding carboxylic acids is 3. The number of nitrogens with zero attached hydrogens (tertiary/aromatic N) is 4. The lowest BCUT2D eigenvalue weighted by Gasteiger charge is -2.11. The number of anilines is 1. The zero-order valence-corrected chi connectivity index (χ0v) is 16.6. The summed E-state index contributed by atoms with van der Waals surface area (Å²) in [4.78, 5) is 54.8. The van der Waals surface area contributed by atoms with Crippen LogP contribution in [-0.2, 0) is 16.0 Å². The molecule has 1 heterocycles. The summed E-state index contributed by atoms with van der Waals surface area (Å²) >= 11 is 0. The van der Waals surface area contributed by atoms with Crippen molar-refractivity contribution in [3.8, 4) is 0 Å². The maximum Gasteiger partial charge on any atom is 0.356 e. The van der Waals surface area contributed by atoms with E-state index in [4.69, 9.17) is 5.11 Å². The van der Waals surface area contributed by atoms with Crippen molar-refractivity contribution in [1.29, 1.82) is 0 Å². The fourth-order valence-electron chi connectivity index (χ4n) is 1.94. The second kappa shape index (κ2) is 11.1. The van der Waals surface area contributed by atoms with Crippen LogP contribution in [0.15, 0.2) is 36.7 Å². The zero-order valence-electron chi connectivity index (χ0n) is 16.6. The molecule has 29 heavy (non-hydrogen) atoms. The van der Waals surface area contributed by atoms with E-state index in [0.717, 1.165) is 12.0 Å². The maximum absolute atomic E-state index is 12.2. The molecule has 154 valence electrons. The van der Waals surface area contributed by atoms with E-state index in [-0.39, 0.29) is 18.0 Å². The van der Waals surface area contributed by atoms with Gasteiger partial charge in [-0.2, -0.15) is 0 Å². The van der Waals surface area contributed by atoms with E-state index in [1.807, 2.05) is 0 Å². The molecule has 0 fully saturated rings. The first-order valence-corrected chi connectivity index (χ1v) is 8.42. The molecule has 1 aromatic carbocycles. The number of hydrogen-bond donors (Lipinski definition) is 2. The maximum atomic E-state index is 12.2. The van der Waals surface area contributed by atoms with E-state index in [9.17, 15) is 19.2 Å². The first kappa shape index (κ1) is 23.2. The van der Waals surface area contributed by atoms with Gasteiger partial charge in [0.15, 0.2) is 11.4 Å². The van der Waals surface area contributed by atoms with Gasteiger partial charge < -0.3 is 20.2 Å². The molecule has 1 aromatic heterocycles. The third-order valence-electron chi connectivity index (χ3n) is 3.37. The SMILES string of the molecule is CN(C)C(=O)Cc1cccc(NC(=O)c2nccnc2C(=O)O)c1.CN(C)C=O. The number of benzene rings is 1. The highest BCUT2D eigenvalue weighted by molar-refractivity contribution is 6.08. The highest BCUT2D eigenvalue weighted by atomic mass is 16.4. The van der Waals surface area contributed by atoms with Gasteiger partial charge in [-0.1, -0.05) is 12.1 Å². The van der Waals surface area contributed by atoms with Crippen molar-refractivity contribution in [3.05, 3.63) is 53.6 Å². The van der Waals surface area contributed by atoms with Crippen molar-refractivity contribution in [2.75, 3.05) is 33.5 Å². The molecule has 0 saturated carbocycles. The smallest absolute Gasteiger partial charge is 0.356 e. The zero-order chi connectivity index (χ0) is 22.0. The Morgan fingerprint density at radius 2 is 1.66 bits per heavy atom. The average molecular weight is 401 g/mol. The molecule has 2 aromatic rings. The van der Waals surface area contributed by atoms with Gasteiger partial charge >= 0.3 is 5.97 Å². The predicted octanol–water partition coefficient (Wildman–Crippen LogP) is 0.762. The Hall–Kier alpha value is -3.82. The summed E-state index contributed by atoms with van der Waals surface area (Å²) < 4.78 is 0. The highest BCUT2D eigenvalue weighted by Crippen LogP contribution is 2.14. The lowest BCUT2D eigenvalue weighted by atomic mass is 10.1. The quantitative estimate of drug-likeness (QED) is 0.683. The van der Waals surface area contributed by atoms with E-state index < -0.39 is 17.6 Å². The molecule has 10 nitrogen and oxygen atoms in total. The number of carboxylic acids is 1. The van der Waals surface area contributed by atoms with E-state index in [1.54, 1.807) is 52.5 Å². The summed E-state index contributed by atoms with van der Waals surface area (Å²) in [5.74, 6) is -2.09. The van der Waals surface area contributed by atoms with Crippen molar-refractivity contribution < 1.29 is 24.3 Å². The number of aromatic nitrogens is 2. The lowest BCUT2D eigenvalue weighted by molar-refractivity contribution is -0.128. The average Bonchev–Trinajstić information content (AvgIpc) is 2.68. The van der Waals surface area contributed by atoms with E-state index in [0.29, 0.717) is 5.69 Å². The fraction of sp³-hybridized carbons (Fsp3) is 0.263. The van der Waals surface area contributed by atoms with Crippen LogP contribution >= 0.6 is 0 Å². The van der Waals surface area contributed by atoms with Crippen LogP contribution in [0, 0.1) is 0 Å². The van der Waals surface area contributed by atoms with Gasteiger partial charge in [-0.05, 0) is 17.7 Å². The van der Waals surface area contributed by atoms with Crippen molar-refractivity contribution in [3.63, 3.8) is 0 Å².